The zero-order valence-corrected chi connectivity index (χ0v) is 15.9. The second-order valence-electron chi connectivity index (χ2n) is 7.73. The van der Waals surface area contributed by atoms with Gasteiger partial charge in [-0.15, -0.1) is 0 Å². The van der Waals surface area contributed by atoms with Gasteiger partial charge in [0.15, 0.2) is 11.6 Å². The highest BCUT2D eigenvalue weighted by Crippen LogP contribution is 2.44. The Morgan fingerprint density at radius 3 is 1.93 bits per heavy atom. The van der Waals surface area contributed by atoms with Crippen molar-refractivity contribution in [1.82, 2.24) is 0 Å². The molecule has 1 aliphatic carbocycles. The van der Waals surface area contributed by atoms with Crippen molar-refractivity contribution in [3.8, 4) is 0 Å². The van der Waals surface area contributed by atoms with Crippen LogP contribution in [0.5, 0.6) is 0 Å². The van der Waals surface area contributed by atoms with Gasteiger partial charge in [-0.25, -0.2) is 0 Å². The maximum atomic E-state index is 13.6. The third-order valence-electron chi connectivity index (χ3n) is 5.91. The van der Waals surface area contributed by atoms with Crippen LogP contribution in [0.2, 0.25) is 0 Å². The molecule has 28 heavy (non-hydrogen) atoms. The van der Waals surface area contributed by atoms with Crippen LogP contribution in [0, 0.1) is 11.3 Å². The molecule has 2 heteroatoms. The summed E-state index contributed by atoms with van der Waals surface area (Å²) >= 11 is 0. The Morgan fingerprint density at radius 1 is 0.786 bits per heavy atom. The second kappa shape index (κ2) is 7.93. The van der Waals surface area contributed by atoms with Crippen LogP contribution in [0.3, 0.4) is 0 Å². The monoisotopic (exact) mass is 368 g/mol. The fourth-order valence-electron chi connectivity index (χ4n) is 4.45. The van der Waals surface area contributed by atoms with Crippen molar-refractivity contribution in [1.29, 1.82) is 0 Å². The van der Waals surface area contributed by atoms with E-state index in [2.05, 4.69) is 12.1 Å². The number of ketones is 2. The summed E-state index contributed by atoms with van der Waals surface area (Å²) in [7, 11) is 0. The van der Waals surface area contributed by atoms with Crippen LogP contribution in [-0.4, -0.2) is 11.6 Å². The van der Waals surface area contributed by atoms with Gasteiger partial charge in [-0.05, 0) is 36.8 Å². The minimum absolute atomic E-state index is 0.0301. The fraction of sp³-hybridized carbons (Fsp3) is 0.231. The van der Waals surface area contributed by atoms with Gasteiger partial charge in [0.1, 0.15) is 0 Å². The second-order valence-corrected chi connectivity index (χ2v) is 7.73. The van der Waals surface area contributed by atoms with Crippen LogP contribution in [-0.2, 0) is 17.6 Å². The first kappa shape index (κ1) is 18.4. The summed E-state index contributed by atoms with van der Waals surface area (Å²) in [6.07, 6.45) is 2.56. The van der Waals surface area contributed by atoms with E-state index in [-0.39, 0.29) is 17.5 Å². The van der Waals surface area contributed by atoms with Gasteiger partial charge in [-0.3, -0.25) is 9.59 Å². The van der Waals surface area contributed by atoms with Gasteiger partial charge in [-0.2, -0.15) is 0 Å². The highest BCUT2D eigenvalue weighted by atomic mass is 16.2. The first-order chi connectivity index (χ1) is 13.7. The standard InChI is InChI=1S/C26H24O2/c27-24(22-14-8-3-9-15-22)26(19-21-12-6-2-7-13-21)17-16-23(25(26)28)18-20-10-4-1-5-11-20/h1-15,23H,16-19H2. The van der Waals surface area contributed by atoms with E-state index in [0.29, 0.717) is 24.8 Å². The predicted molar refractivity (Wildman–Crippen MR) is 111 cm³/mol. The van der Waals surface area contributed by atoms with E-state index in [1.165, 1.54) is 0 Å². The smallest absolute Gasteiger partial charge is 0.176 e. The van der Waals surface area contributed by atoms with Crippen molar-refractivity contribution in [2.24, 2.45) is 11.3 Å². The SMILES string of the molecule is O=C(c1ccccc1)C1(Cc2ccccc2)CCC(Cc2ccccc2)C1=O. The zero-order valence-electron chi connectivity index (χ0n) is 15.9. The number of benzene rings is 3. The molecule has 0 bridgehead atoms. The number of carbonyl (C=O) groups is 2. The maximum Gasteiger partial charge on any atom is 0.176 e. The minimum Gasteiger partial charge on any atom is -0.298 e. The van der Waals surface area contributed by atoms with Crippen molar-refractivity contribution in [2.75, 3.05) is 0 Å². The summed E-state index contributed by atoms with van der Waals surface area (Å²) in [6.45, 7) is 0. The van der Waals surface area contributed by atoms with Crippen molar-refractivity contribution in [2.45, 2.75) is 25.7 Å². The van der Waals surface area contributed by atoms with E-state index < -0.39 is 5.41 Å². The van der Waals surface area contributed by atoms with Crippen molar-refractivity contribution >= 4 is 11.6 Å². The van der Waals surface area contributed by atoms with Crippen LogP contribution in [0.4, 0.5) is 0 Å². The largest absolute Gasteiger partial charge is 0.298 e. The lowest BCUT2D eigenvalue weighted by atomic mass is 9.72. The first-order valence-corrected chi connectivity index (χ1v) is 9.91. The first-order valence-electron chi connectivity index (χ1n) is 9.91. The summed E-state index contributed by atoms with van der Waals surface area (Å²) in [5.41, 5.74) is 1.87. The van der Waals surface area contributed by atoms with Crippen molar-refractivity contribution < 1.29 is 9.59 Å². The van der Waals surface area contributed by atoms with E-state index in [1.807, 2.05) is 78.9 Å². The number of Topliss-reactive ketones (excluding diaryl/α,β-unsaturated/α-hetero) is 2. The van der Waals surface area contributed by atoms with E-state index in [0.717, 1.165) is 17.5 Å². The van der Waals surface area contributed by atoms with Crippen molar-refractivity contribution in [3.05, 3.63) is 108 Å². The molecule has 0 saturated heterocycles. The highest BCUT2D eigenvalue weighted by molar-refractivity contribution is 6.16. The molecule has 2 nitrogen and oxygen atoms in total. The average molecular weight is 368 g/mol. The van der Waals surface area contributed by atoms with E-state index >= 15 is 0 Å². The molecule has 2 atom stereocenters. The molecular formula is C26H24O2. The van der Waals surface area contributed by atoms with Crippen LogP contribution < -0.4 is 0 Å². The molecule has 0 N–H and O–H groups in total. The van der Waals surface area contributed by atoms with Gasteiger partial charge in [-0.1, -0.05) is 91.0 Å². The van der Waals surface area contributed by atoms with E-state index in [9.17, 15) is 9.59 Å². The van der Waals surface area contributed by atoms with Crippen LogP contribution in [0.15, 0.2) is 91.0 Å². The zero-order chi connectivity index (χ0) is 19.4. The number of rotatable bonds is 6. The fourth-order valence-corrected chi connectivity index (χ4v) is 4.45. The summed E-state index contributed by atoms with van der Waals surface area (Å²) < 4.78 is 0. The summed E-state index contributed by atoms with van der Waals surface area (Å²) in [4.78, 5) is 27.2. The molecule has 3 aromatic carbocycles. The molecule has 2 unspecified atom stereocenters. The van der Waals surface area contributed by atoms with Gasteiger partial charge >= 0.3 is 0 Å². The Hall–Kier alpha value is -3.00. The molecule has 1 saturated carbocycles. The normalized spacial score (nSPS) is 21.6. The molecule has 0 spiro atoms. The summed E-state index contributed by atoms with van der Waals surface area (Å²) in [6, 6.07) is 29.3. The van der Waals surface area contributed by atoms with Gasteiger partial charge in [0.05, 0.1) is 5.41 Å². The predicted octanol–water partition coefficient (Wildman–Crippen LogP) is 5.32. The molecule has 0 aliphatic heterocycles. The number of hydrogen-bond acceptors (Lipinski definition) is 2. The molecule has 140 valence electrons. The Bertz CT molecular complexity index is 947. The lowest BCUT2D eigenvalue weighted by molar-refractivity contribution is -0.126. The molecule has 1 fully saturated rings. The van der Waals surface area contributed by atoms with E-state index in [1.54, 1.807) is 0 Å². The molecule has 0 aromatic heterocycles. The van der Waals surface area contributed by atoms with E-state index in [4.69, 9.17) is 0 Å². The van der Waals surface area contributed by atoms with Crippen molar-refractivity contribution in [3.63, 3.8) is 0 Å². The average Bonchev–Trinajstić information content (AvgIpc) is 3.06. The lowest BCUT2D eigenvalue weighted by Crippen LogP contribution is -2.39. The molecule has 0 heterocycles. The molecule has 3 aromatic rings. The number of hydrogen-bond donors (Lipinski definition) is 0. The quantitative estimate of drug-likeness (QED) is 0.436. The number of carbonyl (C=O) groups excluding carboxylic acids is 2. The molecular weight excluding hydrogens is 344 g/mol. The maximum absolute atomic E-state index is 13.6. The third kappa shape index (κ3) is 3.55. The summed E-state index contributed by atoms with van der Waals surface area (Å²) in [5, 5.41) is 0. The van der Waals surface area contributed by atoms with Gasteiger partial charge in [0, 0.05) is 11.5 Å². The molecule has 1 aliphatic rings. The van der Waals surface area contributed by atoms with Crippen LogP contribution in [0.1, 0.15) is 34.3 Å². The van der Waals surface area contributed by atoms with Gasteiger partial charge in [0.25, 0.3) is 0 Å². The topological polar surface area (TPSA) is 34.1 Å². The molecule has 0 amide bonds. The van der Waals surface area contributed by atoms with Gasteiger partial charge < -0.3 is 0 Å². The Balaban J connectivity index is 1.67. The van der Waals surface area contributed by atoms with Crippen LogP contribution in [0.25, 0.3) is 0 Å². The Kier molecular flexibility index (Phi) is 5.21. The third-order valence-corrected chi connectivity index (χ3v) is 5.91. The minimum atomic E-state index is -0.956. The van der Waals surface area contributed by atoms with Crippen LogP contribution >= 0.6 is 0 Å². The summed E-state index contributed by atoms with van der Waals surface area (Å²) in [5.74, 6) is -0.0228. The molecule has 0 radical (unpaired) electrons. The Labute approximate surface area is 166 Å². The highest BCUT2D eigenvalue weighted by Gasteiger charge is 2.52. The Morgan fingerprint density at radius 2 is 1.32 bits per heavy atom. The molecule has 4 rings (SSSR count). The lowest BCUT2D eigenvalue weighted by Gasteiger charge is -2.27. The van der Waals surface area contributed by atoms with Gasteiger partial charge in [0.2, 0.25) is 0 Å².